The van der Waals surface area contributed by atoms with Crippen LogP contribution in [0.1, 0.15) is 43.4 Å². The summed E-state index contributed by atoms with van der Waals surface area (Å²) in [5, 5.41) is 9.30. The number of aromatic nitrogens is 1. The summed E-state index contributed by atoms with van der Waals surface area (Å²) in [7, 11) is -4.78. The van der Waals surface area contributed by atoms with Crippen LogP contribution in [0, 0.1) is 5.82 Å². The highest BCUT2D eigenvalue weighted by atomic mass is 35.5. The summed E-state index contributed by atoms with van der Waals surface area (Å²) in [5.41, 5.74) is -0.352. The van der Waals surface area contributed by atoms with Gasteiger partial charge in [0, 0.05) is 18.2 Å². The monoisotopic (exact) mass is 628 g/mol. The van der Waals surface area contributed by atoms with Crippen LogP contribution >= 0.6 is 11.6 Å². The van der Waals surface area contributed by atoms with E-state index in [-0.39, 0.29) is 41.5 Å². The van der Waals surface area contributed by atoms with E-state index in [1.165, 1.54) is 37.3 Å². The Morgan fingerprint density at radius 2 is 2.00 bits per heavy atom. The van der Waals surface area contributed by atoms with Crippen molar-refractivity contribution in [1.82, 2.24) is 4.98 Å². The van der Waals surface area contributed by atoms with E-state index < -0.39 is 57.0 Å². The van der Waals surface area contributed by atoms with E-state index in [1.807, 2.05) is 0 Å². The van der Waals surface area contributed by atoms with Crippen LogP contribution in [0.25, 0.3) is 11.6 Å². The number of nitrogens with zero attached hydrogens (tertiary/aromatic N) is 2. The molecular formula is C28H25ClF4N2O6S. The summed E-state index contributed by atoms with van der Waals surface area (Å²) >= 11 is 6.18. The SMILES string of the molecule is CCOc1ncc(C(F)(F)F)cc1S(=O)(=O)N1C[C@H](CCC(=O)O)Oc2ccc(C=C(C)c3c(F)cccc3Cl)cc21. The fourth-order valence-electron chi connectivity index (χ4n) is 4.41. The van der Waals surface area contributed by atoms with Gasteiger partial charge in [0.1, 0.15) is 17.7 Å². The number of benzene rings is 2. The topological polar surface area (TPSA) is 106 Å². The van der Waals surface area contributed by atoms with Crippen molar-refractivity contribution in [2.75, 3.05) is 17.5 Å². The Kier molecular flexibility index (Phi) is 9.02. The molecule has 3 aromatic rings. The van der Waals surface area contributed by atoms with Gasteiger partial charge in [0.25, 0.3) is 10.0 Å². The molecule has 0 saturated heterocycles. The van der Waals surface area contributed by atoms with Crippen LogP contribution in [-0.2, 0) is 21.0 Å². The quantitative estimate of drug-likeness (QED) is 0.208. The highest BCUT2D eigenvalue weighted by Crippen LogP contribution is 2.42. The van der Waals surface area contributed by atoms with Gasteiger partial charge in [-0.2, -0.15) is 13.2 Å². The van der Waals surface area contributed by atoms with Crippen LogP contribution in [0.3, 0.4) is 0 Å². The van der Waals surface area contributed by atoms with Crippen LogP contribution in [0.5, 0.6) is 11.6 Å². The first-order chi connectivity index (χ1) is 19.7. The lowest BCUT2D eigenvalue weighted by Crippen LogP contribution is -2.44. The molecular weight excluding hydrogens is 604 g/mol. The number of anilines is 1. The molecule has 1 atom stereocenters. The van der Waals surface area contributed by atoms with E-state index in [0.29, 0.717) is 23.4 Å². The van der Waals surface area contributed by atoms with Crippen LogP contribution < -0.4 is 13.8 Å². The van der Waals surface area contributed by atoms with Crippen molar-refractivity contribution >= 4 is 44.9 Å². The van der Waals surface area contributed by atoms with Crippen LogP contribution in [0.2, 0.25) is 5.02 Å². The molecule has 0 aliphatic carbocycles. The predicted octanol–water partition coefficient (Wildman–Crippen LogP) is 6.67. The summed E-state index contributed by atoms with van der Waals surface area (Å²) in [6, 6.07) is 9.09. The molecule has 1 aliphatic heterocycles. The number of carboxylic acids is 1. The molecule has 1 aliphatic rings. The molecule has 1 aromatic heterocycles. The molecule has 224 valence electrons. The summed E-state index contributed by atoms with van der Waals surface area (Å²) < 4.78 is 95.2. The zero-order valence-corrected chi connectivity index (χ0v) is 23.9. The Morgan fingerprint density at radius 1 is 1.26 bits per heavy atom. The lowest BCUT2D eigenvalue weighted by Gasteiger charge is -2.35. The first-order valence-corrected chi connectivity index (χ1v) is 14.4. The van der Waals surface area contributed by atoms with Gasteiger partial charge in [-0.1, -0.05) is 29.8 Å². The molecule has 4 rings (SSSR count). The maximum Gasteiger partial charge on any atom is 0.417 e. The first-order valence-electron chi connectivity index (χ1n) is 12.6. The van der Waals surface area contributed by atoms with Crippen LogP contribution in [-0.4, -0.2) is 43.7 Å². The molecule has 0 saturated carbocycles. The van der Waals surface area contributed by atoms with E-state index in [4.69, 9.17) is 26.2 Å². The molecule has 1 N–H and O–H groups in total. The molecule has 2 heterocycles. The van der Waals surface area contributed by atoms with E-state index >= 15 is 0 Å². The van der Waals surface area contributed by atoms with E-state index in [1.54, 1.807) is 19.1 Å². The minimum absolute atomic E-state index is 0.0254. The summed E-state index contributed by atoms with van der Waals surface area (Å²) in [4.78, 5) is 14.0. The van der Waals surface area contributed by atoms with Crippen molar-refractivity contribution < 1.29 is 45.4 Å². The summed E-state index contributed by atoms with van der Waals surface area (Å²) in [6.07, 6.45) is -4.20. The van der Waals surface area contributed by atoms with Crippen LogP contribution in [0.15, 0.2) is 53.6 Å². The van der Waals surface area contributed by atoms with Gasteiger partial charge >= 0.3 is 12.1 Å². The highest BCUT2D eigenvalue weighted by Gasteiger charge is 2.39. The molecule has 0 radical (unpaired) electrons. The molecule has 0 spiro atoms. The number of hydrogen-bond acceptors (Lipinski definition) is 6. The Labute approximate surface area is 244 Å². The molecule has 0 unspecified atom stereocenters. The second-order valence-electron chi connectivity index (χ2n) is 9.32. The first kappa shape index (κ1) is 31.1. The zero-order chi connectivity index (χ0) is 30.8. The van der Waals surface area contributed by atoms with Gasteiger partial charge in [-0.05, 0) is 61.7 Å². The highest BCUT2D eigenvalue weighted by molar-refractivity contribution is 7.93. The predicted molar refractivity (Wildman–Crippen MR) is 148 cm³/mol. The number of aliphatic carboxylic acids is 1. The lowest BCUT2D eigenvalue weighted by atomic mass is 10.0. The maximum atomic E-state index is 14.5. The minimum Gasteiger partial charge on any atom is -0.486 e. The van der Waals surface area contributed by atoms with Crippen molar-refractivity contribution in [2.24, 2.45) is 0 Å². The molecule has 0 bridgehead atoms. The van der Waals surface area contributed by atoms with Gasteiger partial charge in [-0.3, -0.25) is 9.10 Å². The number of halogens is 5. The second kappa shape index (κ2) is 12.2. The number of carboxylic acid groups (broad SMARTS) is 1. The van der Waals surface area contributed by atoms with Gasteiger partial charge in [-0.15, -0.1) is 0 Å². The van der Waals surface area contributed by atoms with Crippen molar-refractivity contribution in [2.45, 2.75) is 43.9 Å². The maximum absolute atomic E-state index is 14.5. The van der Waals surface area contributed by atoms with Crippen molar-refractivity contribution in [3.63, 3.8) is 0 Å². The van der Waals surface area contributed by atoms with Crippen LogP contribution in [0.4, 0.5) is 23.2 Å². The molecule has 0 fully saturated rings. The largest absolute Gasteiger partial charge is 0.486 e. The summed E-state index contributed by atoms with van der Waals surface area (Å²) in [6.45, 7) is 2.65. The lowest BCUT2D eigenvalue weighted by molar-refractivity contribution is -0.138. The number of allylic oxidation sites excluding steroid dienone is 1. The normalized spacial score (nSPS) is 15.6. The van der Waals surface area contributed by atoms with E-state index in [9.17, 15) is 30.8 Å². The number of ether oxygens (including phenoxy) is 2. The van der Waals surface area contributed by atoms with Gasteiger partial charge in [0.05, 0.1) is 29.4 Å². The third kappa shape index (κ3) is 6.62. The molecule has 8 nitrogen and oxygen atoms in total. The Balaban J connectivity index is 1.86. The van der Waals surface area contributed by atoms with Gasteiger partial charge in [-0.25, -0.2) is 17.8 Å². The number of sulfonamides is 1. The third-order valence-corrected chi connectivity index (χ3v) is 8.42. The number of hydrogen-bond donors (Lipinski definition) is 1. The average Bonchev–Trinajstić information content (AvgIpc) is 2.91. The van der Waals surface area contributed by atoms with Crippen molar-refractivity contribution in [3.05, 3.63) is 76.2 Å². The smallest absolute Gasteiger partial charge is 0.417 e. The number of carbonyl (C=O) groups is 1. The van der Waals surface area contributed by atoms with Gasteiger partial charge in [0.15, 0.2) is 4.90 Å². The Hall–Kier alpha value is -3.84. The van der Waals surface area contributed by atoms with Crippen molar-refractivity contribution in [1.29, 1.82) is 0 Å². The third-order valence-electron chi connectivity index (χ3n) is 6.33. The number of alkyl halides is 3. The minimum atomic E-state index is -4.89. The van der Waals surface area contributed by atoms with Gasteiger partial charge in [0.2, 0.25) is 5.88 Å². The van der Waals surface area contributed by atoms with Gasteiger partial charge < -0.3 is 14.6 Å². The van der Waals surface area contributed by atoms with E-state index in [0.717, 1.165) is 4.31 Å². The Bertz CT molecular complexity index is 1630. The Morgan fingerprint density at radius 3 is 2.64 bits per heavy atom. The fraction of sp³-hybridized carbons (Fsp3) is 0.286. The van der Waals surface area contributed by atoms with E-state index in [2.05, 4.69) is 4.98 Å². The second-order valence-corrected chi connectivity index (χ2v) is 11.6. The van der Waals surface area contributed by atoms with Crippen molar-refractivity contribution in [3.8, 4) is 11.6 Å². The fourth-order valence-corrected chi connectivity index (χ4v) is 6.34. The number of fused-ring (bicyclic) bond motifs is 1. The number of rotatable bonds is 9. The number of pyridine rings is 1. The summed E-state index contributed by atoms with van der Waals surface area (Å²) in [5.74, 6) is -2.18. The average molecular weight is 629 g/mol. The molecule has 0 amide bonds. The molecule has 2 aromatic carbocycles. The molecule has 14 heteroatoms. The standard InChI is InChI=1S/C28H25ClF4N2O6S/c1-3-40-27-24(13-18(14-34-27)28(31,32)33)42(38,39)35-15-19(8-10-25(36)37)41-23-9-7-17(12-22(23)35)11-16(2)26-20(29)5-4-6-21(26)30/h4-7,9,11-14,19H,3,8,10,15H2,1-2H3,(H,36,37)/t19-/m0/s1. The zero-order valence-electron chi connectivity index (χ0n) is 22.3. The molecule has 42 heavy (non-hydrogen) atoms.